The lowest BCUT2D eigenvalue weighted by Gasteiger charge is -2.18. The third-order valence-corrected chi connectivity index (χ3v) is 4.78. The van der Waals surface area contributed by atoms with E-state index in [0.717, 1.165) is 5.69 Å². The van der Waals surface area contributed by atoms with E-state index in [-0.39, 0.29) is 18.2 Å². The van der Waals surface area contributed by atoms with Gasteiger partial charge in [-0.25, -0.2) is 8.42 Å². The molecule has 7 heteroatoms. The average molecular weight is 283 g/mol. The van der Waals surface area contributed by atoms with Crippen LogP contribution >= 0.6 is 0 Å². The number of amides is 1. The van der Waals surface area contributed by atoms with E-state index in [9.17, 15) is 13.2 Å². The number of pyridine rings is 1. The summed E-state index contributed by atoms with van der Waals surface area (Å²) in [5.41, 5.74) is 0.741. The highest BCUT2D eigenvalue weighted by Crippen LogP contribution is 2.07. The molecule has 1 aromatic heterocycles. The molecule has 1 aliphatic heterocycles. The third kappa shape index (κ3) is 4.00. The van der Waals surface area contributed by atoms with Crippen molar-refractivity contribution in [1.82, 2.24) is 14.6 Å². The van der Waals surface area contributed by atoms with Gasteiger partial charge in [0.15, 0.2) is 0 Å². The van der Waals surface area contributed by atoms with Gasteiger partial charge in [-0.1, -0.05) is 6.07 Å². The van der Waals surface area contributed by atoms with Crippen LogP contribution in [0.2, 0.25) is 0 Å². The van der Waals surface area contributed by atoms with E-state index >= 15 is 0 Å². The minimum Gasteiger partial charge on any atom is -0.355 e. The second-order valence-electron chi connectivity index (χ2n) is 4.42. The predicted molar refractivity (Wildman–Crippen MR) is 70.9 cm³/mol. The van der Waals surface area contributed by atoms with Crippen molar-refractivity contribution >= 4 is 15.9 Å². The van der Waals surface area contributed by atoms with Crippen LogP contribution in [-0.2, 0) is 21.2 Å². The van der Waals surface area contributed by atoms with Crippen molar-refractivity contribution in [3.8, 4) is 0 Å². The SMILES string of the molecule is O=C1CN(S(=O)(=O)CCc2ccccn2)CCCN1. The fraction of sp³-hybridized carbons (Fsp3) is 0.500. The van der Waals surface area contributed by atoms with Gasteiger partial charge in [0.2, 0.25) is 15.9 Å². The summed E-state index contributed by atoms with van der Waals surface area (Å²) in [6.45, 7) is 0.846. The molecule has 0 saturated carbocycles. The van der Waals surface area contributed by atoms with Gasteiger partial charge in [-0.05, 0) is 18.6 Å². The van der Waals surface area contributed by atoms with Crippen molar-refractivity contribution in [1.29, 1.82) is 0 Å². The maximum Gasteiger partial charge on any atom is 0.235 e. The molecule has 0 radical (unpaired) electrons. The lowest BCUT2D eigenvalue weighted by atomic mass is 10.3. The summed E-state index contributed by atoms with van der Waals surface area (Å²) in [5.74, 6) is -0.254. The van der Waals surface area contributed by atoms with E-state index in [1.807, 2.05) is 6.07 Å². The Kier molecular flexibility index (Phi) is 4.49. The molecule has 1 amide bonds. The Morgan fingerprint density at radius 3 is 2.95 bits per heavy atom. The first-order chi connectivity index (χ1) is 9.08. The Morgan fingerprint density at radius 2 is 2.21 bits per heavy atom. The number of nitrogens with zero attached hydrogens (tertiary/aromatic N) is 2. The number of carbonyl (C=O) groups is 1. The fourth-order valence-electron chi connectivity index (χ4n) is 1.92. The van der Waals surface area contributed by atoms with Gasteiger partial charge in [0.05, 0.1) is 12.3 Å². The van der Waals surface area contributed by atoms with Crippen molar-refractivity contribution in [2.24, 2.45) is 0 Å². The van der Waals surface area contributed by atoms with E-state index in [1.165, 1.54) is 4.31 Å². The molecule has 1 aromatic rings. The van der Waals surface area contributed by atoms with Gasteiger partial charge in [0.1, 0.15) is 0 Å². The number of sulfonamides is 1. The first-order valence-electron chi connectivity index (χ1n) is 6.22. The molecule has 104 valence electrons. The summed E-state index contributed by atoms with van der Waals surface area (Å²) in [7, 11) is -3.41. The van der Waals surface area contributed by atoms with Crippen molar-refractivity contribution < 1.29 is 13.2 Å². The van der Waals surface area contributed by atoms with Crippen LogP contribution in [0.5, 0.6) is 0 Å². The van der Waals surface area contributed by atoms with Gasteiger partial charge in [0, 0.05) is 31.4 Å². The number of aromatic nitrogens is 1. The second kappa shape index (κ2) is 6.12. The zero-order valence-corrected chi connectivity index (χ0v) is 11.4. The summed E-state index contributed by atoms with van der Waals surface area (Å²) < 4.78 is 25.6. The highest BCUT2D eigenvalue weighted by molar-refractivity contribution is 7.89. The Bertz CT molecular complexity index is 530. The van der Waals surface area contributed by atoms with Crippen LogP contribution in [0.4, 0.5) is 0 Å². The standard InChI is InChI=1S/C12H17N3O3S/c16-12-10-15(8-3-7-14-12)19(17,18)9-5-11-4-1-2-6-13-11/h1-2,4,6H,3,5,7-10H2,(H,14,16). The van der Waals surface area contributed by atoms with Crippen molar-refractivity contribution in [3.63, 3.8) is 0 Å². The first kappa shape index (κ1) is 14.0. The van der Waals surface area contributed by atoms with Gasteiger partial charge in [-0.3, -0.25) is 9.78 Å². The number of nitrogens with one attached hydrogen (secondary N) is 1. The minimum atomic E-state index is -3.41. The van der Waals surface area contributed by atoms with E-state index in [0.29, 0.717) is 25.9 Å². The maximum absolute atomic E-state index is 12.2. The summed E-state index contributed by atoms with van der Waals surface area (Å²) in [6.07, 6.45) is 2.65. The normalized spacial score (nSPS) is 17.8. The molecule has 2 rings (SSSR count). The minimum absolute atomic E-state index is 0.0166. The lowest BCUT2D eigenvalue weighted by molar-refractivity contribution is -0.120. The number of rotatable bonds is 4. The zero-order valence-electron chi connectivity index (χ0n) is 10.6. The molecule has 1 fully saturated rings. The summed E-state index contributed by atoms with van der Waals surface area (Å²) >= 11 is 0. The third-order valence-electron chi connectivity index (χ3n) is 2.96. The summed E-state index contributed by atoms with van der Waals surface area (Å²) in [5, 5.41) is 2.66. The van der Waals surface area contributed by atoms with E-state index < -0.39 is 10.0 Å². The molecule has 1 aliphatic rings. The van der Waals surface area contributed by atoms with Crippen LogP contribution in [-0.4, -0.2) is 49.0 Å². The fourth-order valence-corrected chi connectivity index (χ4v) is 3.37. The smallest absolute Gasteiger partial charge is 0.235 e. The van der Waals surface area contributed by atoms with Gasteiger partial charge in [0.25, 0.3) is 0 Å². The topological polar surface area (TPSA) is 79.4 Å². The summed E-state index contributed by atoms with van der Waals surface area (Å²) in [4.78, 5) is 15.5. The molecule has 6 nitrogen and oxygen atoms in total. The number of carbonyl (C=O) groups excluding carboxylic acids is 1. The number of aryl methyl sites for hydroxylation is 1. The van der Waals surface area contributed by atoms with E-state index in [4.69, 9.17) is 0 Å². The molecule has 0 atom stereocenters. The molecular weight excluding hydrogens is 266 g/mol. The van der Waals surface area contributed by atoms with E-state index in [2.05, 4.69) is 10.3 Å². The molecule has 0 unspecified atom stereocenters. The van der Waals surface area contributed by atoms with Crippen LogP contribution in [0, 0.1) is 0 Å². The van der Waals surface area contributed by atoms with Crippen LogP contribution in [0.1, 0.15) is 12.1 Å². The van der Waals surface area contributed by atoms with Crippen LogP contribution in [0.3, 0.4) is 0 Å². The van der Waals surface area contributed by atoms with Crippen molar-refractivity contribution in [2.45, 2.75) is 12.8 Å². The van der Waals surface area contributed by atoms with Gasteiger partial charge in [-0.2, -0.15) is 4.31 Å². The molecule has 0 spiro atoms. The van der Waals surface area contributed by atoms with Crippen LogP contribution < -0.4 is 5.32 Å². The molecule has 1 N–H and O–H groups in total. The highest BCUT2D eigenvalue weighted by atomic mass is 32.2. The largest absolute Gasteiger partial charge is 0.355 e. The first-order valence-corrected chi connectivity index (χ1v) is 7.83. The molecule has 2 heterocycles. The summed E-state index contributed by atoms with van der Waals surface area (Å²) in [6, 6.07) is 5.41. The van der Waals surface area contributed by atoms with Crippen LogP contribution in [0.15, 0.2) is 24.4 Å². The van der Waals surface area contributed by atoms with E-state index in [1.54, 1.807) is 18.3 Å². The Hall–Kier alpha value is -1.47. The Labute approximate surface area is 112 Å². The monoisotopic (exact) mass is 283 g/mol. The zero-order chi connectivity index (χ0) is 13.7. The highest BCUT2D eigenvalue weighted by Gasteiger charge is 2.25. The van der Waals surface area contributed by atoms with Crippen LogP contribution in [0.25, 0.3) is 0 Å². The lowest BCUT2D eigenvalue weighted by Crippen LogP contribution is -2.39. The quantitative estimate of drug-likeness (QED) is 0.828. The molecule has 0 bridgehead atoms. The van der Waals surface area contributed by atoms with Crippen molar-refractivity contribution in [3.05, 3.63) is 30.1 Å². The number of hydrogen-bond donors (Lipinski definition) is 1. The predicted octanol–water partition coefficient (Wildman–Crippen LogP) is -0.224. The van der Waals surface area contributed by atoms with Crippen molar-refractivity contribution in [2.75, 3.05) is 25.4 Å². The number of hydrogen-bond acceptors (Lipinski definition) is 4. The molecule has 1 saturated heterocycles. The molecular formula is C12H17N3O3S. The Morgan fingerprint density at radius 1 is 1.37 bits per heavy atom. The Balaban J connectivity index is 1.99. The second-order valence-corrected chi connectivity index (χ2v) is 6.51. The van der Waals surface area contributed by atoms with Gasteiger partial charge >= 0.3 is 0 Å². The maximum atomic E-state index is 12.2. The van der Waals surface area contributed by atoms with Gasteiger partial charge < -0.3 is 5.32 Å². The van der Waals surface area contributed by atoms with Gasteiger partial charge in [-0.15, -0.1) is 0 Å². The average Bonchev–Trinajstić information content (AvgIpc) is 2.63. The molecule has 19 heavy (non-hydrogen) atoms. The molecule has 0 aromatic carbocycles. The molecule has 0 aliphatic carbocycles.